The molecule has 0 aromatic carbocycles. The van der Waals surface area contributed by atoms with Gasteiger partial charge < -0.3 is 20.0 Å². The van der Waals surface area contributed by atoms with Gasteiger partial charge in [-0.05, 0) is 98.1 Å². The van der Waals surface area contributed by atoms with E-state index < -0.39 is 14.0 Å². The van der Waals surface area contributed by atoms with Crippen LogP contribution in [-0.2, 0) is 360 Å². The maximum atomic E-state index is 11.8. The van der Waals surface area contributed by atoms with Gasteiger partial charge in [0.1, 0.15) is 25.5 Å². The summed E-state index contributed by atoms with van der Waals surface area (Å²) in [6, 6.07) is 19.0. The fourth-order valence-electron chi connectivity index (χ4n) is 7.80. The zero-order chi connectivity index (χ0) is 64.5. The van der Waals surface area contributed by atoms with Gasteiger partial charge in [-0.15, -0.1) is 36.8 Å². The summed E-state index contributed by atoms with van der Waals surface area (Å²) in [7, 11) is 66.1. The van der Waals surface area contributed by atoms with Gasteiger partial charge in [0.15, 0.2) is 0 Å². The van der Waals surface area contributed by atoms with Gasteiger partial charge in [0, 0.05) is 435 Å². The second-order valence-corrected chi connectivity index (χ2v) is 89.7. The molecule has 4 aromatic heterocycles. The molecule has 4 unspecified atom stereocenters. The molecule has 4 atom stereocenters. The first-order chi connectivity index (χ1) is 44.6. The Labute approximate surface area is 676 Å². The van der Waals surface area contributed by atoms with Crippen molar-refractivity contribution in [3.63, 3.8) is 0 Å². The van der Waals surface area contributed by atoms with Crippen LogP contribution < -0.4 is 20.0 Å². The molecular formula is C41H51Cl2FN8S40Si. The highest BCUT2D eigenvalue weighted by Gasteiger charge is 2.35. The third-order valence-corrected chi connectivity index (χ3v) is 93.7. The lowest BCUT2D eigenvalue weighted by Crippen LogP contribution is -2.53. The molecule has 520 valence electrons. The number of rotatable bonds is 3. The molecule has 0 aliphatic carbocycles. The molecule has 93 heavy (non-hydrogen) atoms. The number of aromatic nitrogens is 4. The SMILES string of the molecule is C#Cc1ccc(N2CC3CC(CN(c4ccccn4)C3)C2)nc1.C[Si](C)(C)C#Cc1ccc(N2CC3CNCC(C3)C2)nc1.Cl.Cl.Fc1ccccn1.S=S=S=S=S=S=S=S=S=S=S=S=S=S=S=S=S=S=S=S=S=S=S=S=S=S=S=S=S=S=S=S=S=S=S=S=S=S=S=S. The quantitative estimate of drug-likeness (QED) is 0.136. The molecule has 8 nitrogen and oxygen atoms in total. The molecule has 8 rings (SSSR count). The van der Waals surface area contributed by atoms with E-state index in [-0.39, 0.29) is 24.8 Å². The van der Waals surface area contributed by atoms with Crippen LogP contribution >= 0.6 is 24.8 Å². The summed E-state index contributed by atoms with van der Waals surface area (Å²) >= 11 is 9.61. The van der Waals surface area contributed by atoms with Crippen LogP contribution in [0.4, 0.5) is 21.8 Å². The Morgan fingerprint density at radius 2 is 0.731 bits per heavy atom. The van der Waals surface area contributed by atoms with E-state index in [0.717, 1.165) is 92.8 Å². The molecule has 4 bridgehead atoms. The van der Waals surface area contributed by atoms with E-state index in [0.29, 0.717) is 11.8 Å². The number of anilines is 3. The summed E-state index contributed by atoms with van der Waals surface area (Å²) in [6.07, 6.45) is 15.1. The van der Waals surface area contributed by atoms with Gasteiger partial charge in [0.2, 0.25) is 5.95 Å². The molecule has 1 N–H and O–H groups in total. The van der Waals surface area contributed by atoms with Gasteiger partial charge in [-0.2, -0.15) is 4.39 Å². The Morgan fingerprint density at radius 1 is 0.419 bits per heavy atom. The van der Waals surface area contributed by atoms with Crippen LogP contribution in [0.1, 0.15) is 24.0 Å². The number of halogens is 3. The molecule has 4 aliphatic heterocycles. The Morgan fingerprint density at radius 3 is 1.00 bits per heavy atom. The van der Waals surface area contributed by atoms with Crippen LogP contribution in [0.15, 0.2) is 85.5 Å². The lowest BCUT2D eigenvalue weighted by molar-refractivity contribution is 0.249. The van der Waals surface area contributed by atoms with Crippen molar-refractivity contribution in [2.24, 2.45) is 23.7 Å². The highest BCUT2D eigenvalue weighted by atomic mass is 35.5. The van der Waals surface area contributed by atoms with Crippen molar-refractivity contribution in [3.8, 4) is 23.8 Å². The summed E-state index contributed by atoms with van der Waals surface area (Å²) in [5.74, 6) is 11.6. The number of pyridine rings is 4. The molecule has 0 radical (unpaired) electrons. The third-order valence-electron chi connectivity index (χ3n) is 10.6. The van der Waals surface area contributed by atoms with E-state index >= 15 is 0 Å². The number of nitrogens with one attached hydrogen (secondary N) is 1. The Balaban J connectivity index is 0.000000358. The van der Waals surface area contributed by atoms with Gasteiger partial charge in [-0.3, -0.25) is 0 Å². The predicted octanol–water partition coefficient (Wildman–Crippen LogP) is 6.75. The summed E-state index contributed by atoms with van der Waals surface area (Å²) in [4.78, 5) is 24.3. The molecule has 0 saturated carbocycles. The van der Waals surface area contributed by atoms with Gasteiger partial charge in [0.25, 0.3) is 0 Å². The molecule has 0 amide bonds. The second kappa shape index (κ2) is 61.7. The van der Waals surface area contributed by atoms with Gasteiger partial charge in [0.05, 0.1) is 0 Å². The van der Waals surface area contributed by atoms with Crippen LogP contribution in [0.3, 0.4) is 0 Å². The highest BCUT2D eigenvalue weighted by molar-refractivity contribution is 8.81. The van der Waals surface area contributed by atoms with E-state index in [1.54, 1.807) is 125 Å². The van der Waals surface area contributed by atoms with Crippen LogP contribution in [0.25, 0.3) is 0 Å². The summed E-state index contributed by atoms with van der Waals surface area (Å²) in [5, 5.41) is 3.54. The second-order valence-electron chi connectivity index (χ2n) is 17.7. The zero-order valence-electron chi connectivity index (χ0n) is 47.2. The van der Waals surface area contributed by atoms with E-state index in [2.05, 4.69) is 101 Å². The first-order valence-electron chi connectivity index (χ1n) is 24.6. The minimum atomic E-state index is -1.31. The average molecular weight is 2060 g/mol. The van der Waals surface area contributed by atoms with Crippen LogP contribution in [0.5, 0.6) is 0 Å². The van der Waals surface area contributed by atoms with E-state index in [4.69, 9.17) is 28.8 Å². The minimum absolute atomic E-state index is 0. The van der Waals surface area contributed by atoms with Gasteiger partial charge in [-0.25, -0.2) is 19.9 Å². The van der Waals surface area contributed by atoms with Crippen LogP contribution in [-0.4, -0.2) is 80.4 Å². The molecule has 4 saturated heterocycles. The van der Waals surface area contributed by atoms with Crippen LogP contribution in [0.2, 0.25) is 19.6 Å². The van der Waals surface area contributed by atoms with Crippen molar-refractivity contribution in [1.82, 2.24) is 25.3 Å². The van der Waals surface area contributed by atoms with Crippen molar-refractivity contribution in [3.05, 3.63) is 103 Å². The Bertz CT molecular complexity index is 4900. The first kappa shape index (κ1) is 91.8. The Hall–Kier alpha value is 4.61. The lowest BCUT2D eigenvalue weighted by Gasteiger charge is -2.46. The van der Waals surface area contributed by atoms with Gasteiger partial charge in [-0.1, -0.05) is 43.6 Å². The van der Waals surface area contributed by atoms with Crippen LogP contribution in [0, 0.1) is 53.4 Å². The van der Waals surface area contributed by atoms with Crippen molar-refractivity contribution in [2.75, 3.05) is 67.1 Å². The van der Waals surface area contributed by atoms with E-state index in [9.17, 15) is 4.39 Å². The fourth-order valence-corrected chi connectivity index (χ4v) is 107. The molecule has 0 spiro atoms. The number of hydrogen-bond donors (Lipinski definition) is 1. The fraction of sp³-hybridized carbons (Fsp3) is 0.415. The van der Waals surface area contributed by atoms with Gasteiger partial charge >= 0.3 is 0 Å². The molecule has 8 heterocycles. The smallest absolute Gasteiger partial charge is 0.212 e. The monoisotopic (exact) mass is 2050 g/mol. The largest absolute Gasteiger partial charge is 0.356 e. The van der Waals surface area contributed by atoms with Crippen molar-refractivity contribution < 1.29 is 4.39 Å². The number of nitrogens with zero attached hydrogens (tertiary/aromatic N) is 7. The highest BCUT2D eigenvalue weighted by Crippen LogP contribution is 2.33. The number of piperidine rings is 4. The molecule has 4 fully saturated rings. The van der Waals surface area contributed by atoms with E-state index in [1.807, 2.05) is 244 Å². The topological polar surface area (TPSA) is 73.3 Å². The number of fused-ring (bicyclic) bond motifs is 4. The molecular weight excluding hydrogens is 2010 g/mol. The standard InChI is InChI=1S/C19H20N4.C17H25N3Si.C5H4FN.2ClH.S40/c1-2-15-6-7-19(21-10-15)23-13-16-9-17(14-23)12-22(11-16)18-5-3-4-8-20-18;1-21(2,3)7-6-14-4-5-17(19-11-14)20-12-15-8-16(13-20)10-18-9-15;6-5-3-1-2-4-7-5;;;1-3-5-7-9-11-13-15-17-19-21-23-25-27-29-31-33-35-37-39-40-38-36-34-32-30-28-26-24-22-20-18-16-14-12-10-8-6-4-2/h1,3-8,10,16-17H,9,11-14H2;4-5,11,15-16,18H,8-10,12-13H2,1-3H3;1-4H;2*1H;. The summed E-state index contributed by atoms with van der Waals surface area (Å²) in [6.45, 7) is 15.7. The normalized spacial score (nSPS) is 15.5. The molecule has 4 aliphatic rings. The van der Waals surface area contributed by atoms with E-state index in [1.165, 1.54) is 42.9 Å². The third kappa shape index (κ3) is 47.0. The first-order valence-corrected chi connectivity index (χ1v) is 80.1. The lowest BCUT2D eigenvalue weighted by atomic mass is 9.84. The summed E-state index contributed by atoms with van der Waals surface area (Å²) in [5.41, 5.74) is 5.28. The van der Waals surface area contributed by atoms with Crippen molar-refractivity contribution in [2.45, 2.75) is 32.5 Å². The van der Waals surface area contributed by atoms with Crippen molar-refractivity contribution >= 4 is 410 Å². The average Bonchev–Trinajstić information content (AvgIpc) is 0.870. The predicted molar refractivity (Wildman–Crippen MR) is 517 cm³/mol. The molecule has 52 heteroatoms. The van der Waals surface area contributed by atoms with Crippen molar-refractivity contribution in [1.29, 1.82) is 0 Å². The zero-order valence-corrected chi connectivity index (χ0v) is 82.5. The summed E-state index contributed by atoms with van der Waals surface area (Å²) < 4.78 is 11.8. The molecule has 4 aromatic rings. The maximum absolute atomic E-state index is 11.8. The minimum Gasteiger partial charge on any atom is -0.356 e. The number of terminal acetylenes is 1. The maximum Gasteiger partial charge on any atom is 0.212 e. The number of hydrogen-bond acceptors (Lipinski definition) is 10. The Kier molecular flexibility index (Phi) is 60.9.